The summed E-state index contributed by atoms with van der Waals surface area (Å²) in [6.07, 6.45) is 1.15. The number of halogens is 1. The molecule has 7 heteroatoms. The monoisotopic (exact) mass is 267 g/mol. The van der Waals surface area contributed by atoms with Crippen LogP contribution in [-0.2, 0) is 6.54 Å². The average molecular weight is 267 g/mol. The van der Waals surface area contributed by atoms with Gasteiger partial charge in [0, 0.05) is 11.9 Å². The van der Waals surface area contributed by atoms with Gasteiger partial charge in [-0.1, -0.05) is 0 Å². The summed E-state index contributed by atoms with van der Waals surface area (Å²) in [7, 11) is 0. The third-order valence-electron chi connectivity index (χ3n) is 2.18. The van der Waals surface area contributed by atoms with Crippen LogP contribution in [0.3, 0.4) is 0 Å². The second-order valence-electron chi connectivity index (χ2n) is 3.63. The minimum atomic E-state index is -0.469. The van der Waals surface area contributed by atoms with Gasteiger partial charge in [0.05, 0.1) is 23.4 Å². The van der Waals surface area contributed by atoms with Gasteiger partial charge in [-0.15, -0.1) is 11.3 Å². The first-order valence-corrected chi connectivity index (χ1v) is 6.48. The molecule has 2 aromatic rings. The first kappa shape index (κ1) is 12.7. The van der Waals surface area contributed by atoms with Gasteiger partial charge < -0.3 is 10.6 Å². The van der Waals surface area contributed by atoms with Crippen LogP contribution in [-0.4, -0.2) is 21.5 Å². The highest BCUT2D eigenvalue weighted by Gasteiger charge is 2.07. The molecule has 96 valence electrons. The van der Waals surface area contributed by atoms with Gasteiger partial charge in [-0.3, -0.25) is 0 Å². The van der Waals surface area contributed by atoms with Crippen molar-refractivity contribution in [3.63, 3.8) is 0 Å². The van der Waals surface area contributed by atoms with E-state index in [2.05, 4.69) is 25.6 Å². The van der Waals surface area contributed by atoms with E-state index in [-0.39, 0.29) is 5.82 Å². The second-order valence-corrected chi connectivity index (χ2v) is 4.69. The highest BCUT2D eigenvalue weighted by molar-refractivity contribution is 7.09. The van der Waals surface area contributed by atoms with Crippen molar-refractivity contribution in [1.29, 1.82) is 0 Å². The summed E-state index contributed by atoms with van der Waals surface area (Å²) in [4.78, 5) is 12.2. The summed E-state index contributed by atoms with van der Waals surface area (Å²) in [6, 6.07) is 0. The molecule has 2 rings (SSSR count). The van der Waals surface area contributed by atoms with Gasteiger partial charge in [0.1, 0.15) is 0 Å². The third-order valence-corrected chi connectivity index (χ3v) is 3.00. The largest absolute Gasteiger partial charge is 0.362 e. The molecular formula is C11H14FN5S. The van der Waals surface area contributed by atoms with Crippen LogP contribution >= 0.6 is 11.3 Å². The predicted molar refractivity (Wildman–Crippen MR) is 70.3 cm³/mol. The molecule has 0 aliphatic rings. The molecule has 0 atom stereocenters. The van der Waals surface area contributed by atoms with E-state index in [1.807, 2.05) is 19.2 Å². The Morgan fingerprint density at radius 2 is 2.17 bits per heavy atom. The van der Waals surface area contributed by atoms with E-state index in [9.17, 15) is 4.39 Å². The maximum Gasteiger partial charge on any atom is 0.224 e. The van der Waals surface area contributed by atoms with Crippen molar-refractivity contribution < 1.29 is 4.39 Å². The fourth-order valence-electron chi connectivity index (χ4n) is 1.40. The normalized spacial score (nSPS) is 10.4. The van der Waals surface area contributed by atoms with Crippen molar-refractivity contribution in [2.45, 2.75) is 20.4 Å². The molecule has 0 radical (unpaired) electrons. The fourth-order valence-corrected chi connectivity index (χ4v) is 2.01. The molecule has 0 unspecified atom stereocenters. The van der Waals surface area contributed by atoms with E-state index in [0.717, 1.165) is 16.9 Å². The van der Waals surface area contributed by atoms with Crippen LogP contribution in [0.25, 0.3) is 0 Å². The van der Waals surface area contributed by atoms with Gasteiger partial charge in [-0.05, 0) is 13.8 Å². The molecule has 0 aliphatic carbocycles. The van der Waals surface area contributed by atoms with Crippen molar-refractivity contribution in [2.75, 3.05) is 17.2 Å². The van der Waals surface area contributed by atoms with Crippen LogP contribution in [0.1, 0.15) is 17.6 Å². The fraction of sp³-hybridized carbons (Fsp3) is 0.364. The Morgan fingerprint density at radius 3 is 2.83 bits per heavy atom. The summed E-state index contributed by atoms with van der Waals surface area (Å²) < 4.78 is 13.5. The Kier molecular flexibility index (Phi) is 4.03. The van der Waals surface area contributed by atoms with Crippen molar-refractivity contribution in [3.8, 4) is 0 Å². The second kappa shape index (κ2) is 5.72. The van der Waals surface area contributed by atoms with Crippen LogP contribution in [0.15, 0.2) is 11.6 Å². The maximum absolute atomic E-state index is 13.5. The van der Waals surface area contributed by atoms with Crippen molar-refractivity contribution in [2.24, 2.45) is 0 Å². The number of thiazole rings is 1. The summed E-state index contributed by atoms with van der Waals surface area (Å²) in [5.74, 6) is 0.131. The Morgan fingerprint density at radius 1 is 1.33 bits per heavy atom. The topological polar surface area (TPSA) is 62.7 Å². The molecule has 0 amide bonds. The summed E-state index contributed by atoms with van der Waals surface area (Å²) in [5, 5.41) is 8.78. The highest BCUT2D eigenvalue weighted by Crippen LogP contribution is 2.14. The van der Waals surface area contributed by atoms with E-state index in [1.165, 1.54) is 0 Å². The van der Waals surface area contributed by atoms with Gasteiger partial charge in [-0.25, -0.2) is 14.4 Å². The van der Waals surface area contributed by atoms with E-state index < -0.39 is 5.82 Å². The first-order valence-electron chi connectivity index (χ1n) is 5.60. The summed E-state index contributed by atoms with van der Waals surface area (Å²) in [6.45, 7) is 5.00. The molecular weight excluding hydrogens is 253 g/mol. The van der Waals surface area contributed by atoms with Gasteiger partial charge in [-0.2, -0.15) is 4.98 Å². The van der Waals surface area contributed by atoms with E-state index in [0.29, 0.717) is 19.0 Å². The number of hydrogen-bond donors (Lipinski definition) is 2. The Bertz CT molecular complexity index is 528. The Labute approximate surface area is 109 Å². The van der Waals surface area contributed by atoms with E-state index >= 15 is 0 Å². The smallest absolute Gasteiger partial charge is 0.224 e. The number of nitrogens with one attached hydrogen (secondary N) is 2. The average Bonchev–Trinajstić information content (AvgIpc) is 2.76. The lowest BCUT2D eigenvalue weighted by Crippen LogP contribution is -2.08. The Hall–Kier alpha value is -1.76. The van der Waals surface area contributed by atoms with Gasteiger partial charge >= 0.3 is 0 Å². The van der Waals surface area contributed by atoms with E-state index in [4.69, 9.17) is 0 Å². The zero-order valence-corrected chi connectivity index (χ0v) is 11.0. The lowest BCUT2D eigenvalue weighted by Gasteiger charge is -2.07. The van der Waals surface area contributed by atoms with Crippen molar-refractivity contribution in [1.82, 2.24) is 15.0 Å². The maximum atomic E-state index is 13.5. The number of aryl methyl sites for hydroxylation is 1. The molecule has 2 N–H and O–H groups in total. The number of hydrogen-bond acceptors (Lipinski definition) is 6. The zero-order chi connectivity index (χ0) is 13.0. The standard InChI is InChI=1S/C11H14FN5S/c1-3-13-11-15-5-9(12)10(17-11)14-4-8-6-18-7(2)16-8/h5-6H,3-4H2,1-2H3,(H2,13,14,15,17). The number of nitrogens with zero attached hydrogens (tertiary/aromatic N) is 3. The molecule has 0 spiro atoms. The number of rotatable bonds is 5. The van der Waals surface area contributed by atoms with Crippen LogP contribution < -0.4 is 10.6 Å². The highest BCUT2D eigenvalue weighted by atomic mass is 32.1. The molecule has 5 nitrogen and oxygen atoms in total. The van der Waals surface area contributed by atoms with Gasteiger partial charge in [0.25, 0.3) is 0 Å². The minimum Gasteiger partial charge on any atom is -0.362 e. The van der Waals surface area contributed by atoms with Crippen LogP contribution in [0.5, 0.6) is 0 Å². The van der Waals surface area contributed by atoms with Gasteiger partial charge in [0.15, 0.2) is 11.6 Å². The molecule has 0 aliphatic heterocycles. The van der Waals surface area contributed by atoms with Gasteiger partial charge in [0.2, 0.25) is 5.95 Å². The molecule has 0 aromatic carbocycles. The number of aromatic nitrogens is 3. The lowest BCUT2D eigenvalue weighted by atomic mass is 10.4. The van der Waals surface area contributed by atoms with Crippen LogP contribution in [0.2, 0.25) is 0 Å². The molecule has 18 heavy (non-hydrogen) atoms. The lowest BCUT2D eigenvalue weighted by molar-refractivity contribution is 0.617. The molecule has 0 fully saturated rings. The first-order chi connectivity index (χ1) is 8.69. The molecule has 0 saturated heterocycles. The molecule has 0 saturated carbocycles. The zero-order valence-electron chi connectivity index (χ0n) is 10.2. The molecule has 0 bridgehead atoms. The van der Waals surface area contributed by atoms with E-state index in [1.54, 1.807) is 11.3 Å². The number of anilines is 2. The molecule has 2 heterocycles. The van der Waals surface area contributed by atoms with Crippen molar-refractivity contribution in [3.05, 3.63) is 28.1 Å². The minimum absolute atomic E-state index is 0.187. The Balaban J connectivity index is 2.05. The SMILES string of the molecule is CCNc1ncc(F)c(NCc2csc(C)n2)n1. The third kappa shape index (κ3) is 3.13. The predicted octanol–water partition coefficient (Wildman–Crippen LogP) is 2.42. The summed E-state index contributed by atoms with van der Waals surface area (Å²) >= 11 is 1.57. The summed E-state index contributed by atoms with van der Waals surface area (Å²) in [5.41, 5.74) is 0.875. The quantitative estimate of drug-likeness (QED) is 0.871. The van der Waals surface area contributed by atoms with Crippen LogP contribution in [0, 0.1) is 12.7 Å². The van der Waals surface area contributed by atoms with Crippen LogP contribution in [0.4, 0.5) is 16.2 Å². The van der Waals surface area contributed by atoms with Crippen molar-refractivity contribution >= 4 is 23.1 Å². The molecule has 2 aromatic heterocycles.